The van der Waals surface area contributed by atoms with Crippen LogP contribution in [0.3, 0.4) is 0 Å². The van der Waals surface area contributed by atoms with Gasteiger partial charge in [0.2, 0.25) is 5.75 Å². The molecule has 0 heterocycles. The number of nitrogens with two attached hydrogens (primary N) is 1. The van der Waals surface area contributed by atoms with E-state index in [9.17, 15) is 4.79 Å². The minimum atomic E-state index is -0.478. The molecule has 0 fully saturated rings. The van der Waals surface area contributed by atoms with Crippen LogP contribution in [0.25, 0.3) is 11.1 Å². The van der Waals surface area contributed by atoms with Crippen LogP contribution >= 0.6 is 0 Å². The number of nitrogen functional groups attached to an aromatic ring is 1. The molecule has 0 aliphatic heterocycles. The van der Waals surface area contributed by atoms with E-state index in [1.807, 2.05) is 6.07 Å². The van der Waals surface area contributed by atoms with E-state index in [-0.39, 0.29) is 0 Å². The first-order valence-corrected chi connectivity index (χ1v) is 6.84. The number of benzene rings is 2. The van der Waals surface area contributed by atoms with Crippen molar-refractivity contribution in [3.63, 3.8) is 0 Å². The van der Waals surface area contributed by atoms with Crippen molar-refractivity contribution in [1.29, 1.82) is 0 Å². The van der Waals surface area contributed by atoms with Crippen LogP contribution < -0.4 is 19.9 Å². The first kappa shape index (κ1) is 16.5. The molecule has 2 N–H and O–H groups in total. The average Bonchev–Trinajstić information content (AvgIpc) is 2.59. The summed E-state index contributed by atoms with van der Waals surface area (Å²) in [6.45, 7) is 0. The Hall–Kier alpha value is -2.89. The minimum absolute atomic E-state index is 0.315. The predicted molar refractivity (Wildman–Crippen MR) is 87.3 cm³/mol. The molecular weight excluding hydrogens is 298 g/mol. The van der Waals surface area contributed by atoms with Gasteiger partial charge in [-0.2, -0.15) is 0 Å². The van der Waals surface area contributed by atoms with E-state index in [1.165, 1.54) is 7.11 Å². The summed E-state index contributed by atoms with van der Waals surface area (Å²) in [4.78, 5) is 11.6. The molecule has 6 heteroatoms. The summed E-state index contributed by atoms with van der Waals surface area (Å²) >= 11 is 0. The predicted octanol–water partition coefficient (Wildman–Crippen LogP) is 2.75. The van der Waals surface area contributed by atoms with Gasteiger partial charge in [0.25, 0.3) is 0 Å². The van der Waals surface area contributed by atoms with E-state index >= 15 is 0 Å². The Morgan fingerprint density at radius 3 is 2.13 bits per heavy atom. The third kappa shape index (κ3) is 3.01. The number of ether oxygens (including phenoxy) is 4. The number of esters is 1. The van der Waals surface area contributed by atoms with Crippen LogP contribution in [0.4, 0.5) is 5.69 Å². The Labute approximate surface area is 134 Å². The van der Waals surface area contributed by atoms with Gasteiger partial charge in [-0.15, -0.1) is 0 Å². The molecule has 0 bridgehead atoms. The van der Waals surface area contributed by atoms with Gasteiger partial charge in [-0.05, 0) is 29.8 Å². The van der Waals surface area contributed by atoms with E-state index in [1.54, 1.807) is 45.6 Å². The maximum Gasteiger partial charge on any atom is 0.339 e. The zero-order valence-electron chi connectivity index (χ0n) is 13.5. The molecule has 23 heavy (non-hydrogen) atoms. The van der Waals surface area contributed by atoms with Crippen LogP contribution in [-0.2, 0) is 4.74 Å². The third-order valence-corrected chi connectivity index (χ3v) is 3.47. The number of hydrogen-bond acceptors (Lipinski definition) is 6. The van der Waals surface area contributed by atoms with Gasteiger partial charge in [0, 0.05) is 11.3 Å². The summed E-state index contributed by atoms with van der Waals surface area (Å²) in [7, 11) is 5.96. The smallest absolute Gasteiger partial charge is 0.339 e. The Morgan fingerprint density at radius 2 is 1.61 bits per heavy atom. The SMILES string of the molecule is COC(=O)c1ccc(-c2ccc(OC)c(OC)c2OC)cc1N. The number of hydrogen-bond donors (Lipinski definition) is 1. The van der Waals surface area contributed by atoms with Crippen LogP contribution in [0, 0.1) is 0 Å². The molecule has 0 atom stereocenters. The second-order valence-corrected chi connectivity index (χ2v) is 4.68. The lowest BCUT2D eigenvalue weighted by atomic mass is 10.0. The Balaban J connectivity index is 2.58. The number of carbonyl (C=O) groups is 1. The van der Waals surface area contributed by atoms with Gasteiger partial charge >= 0.3 is 5.97 Å². The lowest BCUT2D eigenvalue weighted by Crippen LogP contribution is -2.05. The number of carbonyl (C=O) groups excluding carboxylic acids is 1. The highest BCUT2D eigenvalue weighted by atomic mass is 16.5. The highest BCUT2D eigenvalue weighted by Crippen LogP contribution is 2.44. The molecule has 0 amide bonds. The molecule has 0 aliphatic rings. The molecular formula is C17H19NO5. The molecule has 2 rings (SSSR count). The zero-order chi connectivity index (χ0) is 17.0. The number of anilines is 1. The van der Waals surface area contributed by atoms with E-state index < -0.39 is 5.97 Å². The van der Waals surface area contributed by atoms with Crippen LogP contribution in [-0.4, -0.2) is 34.4 Å². The van der Waals surface area contributed by atoms with E-state index in [2.05, 4.69) is 0 Å². The summed E-state index contributed by atoms with van der Waals surface area (Å²) in [6, 6.07) is 8.70. The van der Waals surface area contributed by atoms with E-state index in [4.69, 9.17) is 24.7 Å². The average molecular weight is 317 g/mol. The van der Waals surface area contributed by atoms with Crippen molar-refractivity contribution in [2.24, 2.45) is 0 Å². The lowest BCUT2D eigenvalue weighted by molar-refractivity contribution is 0.0602. The van der Waals surface area contributed by atoms with Gasteiger partial charge in [0.1, 0.15) is 0 Å². The first-order chi connectivity index (χ1) is 11.1. The number of methoxy groups -OCH3 is 4. The van der Waals surface area contributed by atoms with Gasteiger partial charge in [0.05, 0.1) is 34.0 Å². The highest BCUT2D eigenvalue weighted by molar-refractivity contribution is 5.96. The van der Waals surface area contributed by atoms with Gasteiger partial charge in [-0.25, -0.2) is 4.79 Å². The molecule has 122 valence electrons. The fourth-order valence-electron chi connectivity index (χ4n) is 2.35. The van der Waals surface area contributed by atoms with Gasteiger partial charge < -0.3 is 24.7 Å². The maximum atomic E-state index is 11.6. The Kier molecular flexibility index (Phi) is 4.95. The third-order valence-electron chi connectivity index (χ3n) is 3.47. The molecule has 0 unspecified atom stereocenters. The molecule has 0 aliphatic carbocycles. The van der Waals surface area contributed by atoms with Crippen LogP contribution in [0.1, 0.15) is 10.4 Å². The van der Waals surface area contributed by atoms with Crippen molar-refractivity contribution in [2.75, 3.05) is 34.2 Å². The first-order valence-electron chi connectivity index (χ1n) is 6.84. The molecule has 6 nitrogen and oxygen atoms in total. The summed E-state index contributed by atoms with van der Waals surface area (Å²) in [5.74, 6) is 1.10. The molecule has 0 spiro atoms. The van der Waals surface area contributed by atoms with Crippen molar-refractivity contribution in [2.45, 2.75) is 0 Å². The van der Waals surface area contributed by atoms with E-state index in [0.29, 0.717) is 28.5 Å². The maximum absolute atomic E-state index is 11.6. The Bertz CT molecular complexity index is 727. The van der Waals surface area contributed by atoms with Crippen molar-refractivity contribution < 1.29 is 23.7 Å². The monoisotopic (exact) mass is 317 g/mol. The fraction of sp³-hybridized carbons (Fsp3) is 0.235. The summed E-state index contributed by atoms with van der Waals surface area (Å²) < 4.78 is 20.8. The molecule has 0 saturated heterocycles. The minimum Gasteiger partial charge on any atom is -0.493 e. The lowest BCUT2D eigenvalue weighted by Gasteiger charge is -2.16. The van der Waals surface area contributed by atoms with Crippen molar-refractivity contribution in [3.8, 4) is 28.4 Å². The summed E-state index contributed by atoms with van der Waals surface area (Å²) in [5.41, 5.74) is 8.15. The zero-order valence-corrected chi connectivity index (χ0v) is 13.5. The van der Waals surface area contributed by atoms with Crippen molar-refractivity contribution >= 4 is 11.7 Å². The van der Waals surface area contributed by atoms with Gasteiger partial charge in [-0.1, -0.05) is 6.07 Å². The molecule has 2 aromatic rings. The summed E-state index contributed by atoms with van der Waals surface area (Å²) in [6.07, 6.45) is 0. The normalized spacial score (nSPS) is 10.1. The fourth-order valence-corrected chi connectivity index (χ4v) is 2.35. The molecule has 2 aromatic carbocycles. The molecule has 0 radical (unpaired) electrons. The van der Waals surface area contributed by atoms with Crippen molar-refractivity contribution in [3.05, 3.63) is 35.9 Å². The molecule has 0 aromatic heterocycles. The van der Waals surface area contributed by atoms with Crippen LogP contribution in [0.5, 0.6) is 17.2 Å². The Morgan fingerprint density at radius 1 is 0.913 bits per heavy atom. The molecule has 0 saturated carbocycles. The second-order valence-electron chi connectivity index (χ2n) is 4.68. The van der Waals surface area contributed by atoms with Crippen LogP contribution in [0.2, 0.25) is 0 Å². The van der Waals surface area contributed by atoms with E-state index in [0.717, 1.165) is 11.1 Å². The largest absolute Gasteiger partial charge is 0.493 e. The summed E-state index contributed by atoms with van der Waals surface area (Å²) in [5, 5.41) is 0. The topological polar surface area (TPSA) is 80.0 Å². The van der Waals surface area contributed by atoms with Gasteiger partial charge in [0.15, 0.2) is 11.5 Å². The standard InChI is InChI=1S/C17H19NO5/c1-20-14-8-7-11(15(21-2)16(14)22-3)10-5-6-12(13(18)9-10)17(19)23-4/h5-9H,18H2,1-4H3. The quantitative estimate of drug-likeness (QED) is 0.674. The second kappa shape index (κ2) is 6.91. The van der Waals surface area contributed by atoms with Gasteiger partial charge in [-0.3, -0.25) is 0 Å². The number of rotatable bonds is 5. The van der Waals surface area contributed by atoms with Crippen LogP contribution in [0.15, 0.2) is 30.3 Å². The van der Waals surface area contributed by atoms with Crippen molar-refractivity contribution in [1.82, 2.24) is 0 Å². The highest BCUT2D eigenvalue weighted by Gasteiger charge is 2.18.